The smallest absolute Gasteiger partial charge is 0.457 e. The third-order valence-corrected chi connectivity index (χ3v) is 15.0. The molecule has 14 nitrogen and oxygen atoms in total. The standard InChI is InChI=1S/C53H67ClN2O12S/c1-7-17-37-49(67-51(63)64-32-35-20-22-40(38(54)28-35)65-47(60)19-14-12-10-8-9-11-13-15-27-56-45(58)24-25-46(56)59)33(2)18-16-26-53(6)44(68-53)30-41(36-21-23-42-39(29-36)55-34(3)69-42)66-48(61)31-43(57)52(4,5)50(37)62/h7,20-25,28-29,33,37,41,43-44,49,57H,1,8-19,26-27,30-32H2,2-6H3/t33-,37+,41-,43-,44-,49-,53+/m0/s1. The van der Waals surface area contributed by atoms with E-state index in [4.69, 9.17) is 35.3 Å². The summed E-state index contributed by atoms with van der Waals surface area (Å²) in [4.78, 5) is 83.5. The van der Waals surface area contributed by atoms with E-state index in [1.165, 1.54) is 17.1 Å². The Labute approximate surface area is 414 Å². The second-order valence-electron chi connectivity index (χ2n) is 19.5. The fourth-order valence-electron chi connectivity index (χ4n) is 9.31. The third-order valence-electron chi connectivity index (χ3n) is 13.7. The van der Waals surface area contributed by atoms with E-state index in [9.17, 15) is 33.9 Å². The molecule has 2 fully saturated rings. The number of aliphatic hydroxyl groups is 1. The van der Waals surface area contributed by atoms with Crippen LogP contribution >= 0.6 is 22.9 Å². The Morgan fingerprint density at radius 1 is 0.986 bits per heavy atom. The fraction of sp³-hybridized carbons (Fsp3) is 0.566. The first-order valence-corrected chi connectivity index (χ1v) is 25.5. The minimum absolute atomic E-state index is 0.135. The van der Waals surface area contributed by atoms with E-state index in [1.807, 2.05) is 39.0 Å². The van der Waals surface area contributed by atoms with Gasteiger partial charge in [-0.1, -0.05) is 95.5 Å². The molecule has 7 atom stereocenters. The predicted molar refractivity (Wildman–Crippen MR) is 261 cm³/mol. The van der Waals surface area contributed by atoms with Crippen molar-refractivity contribution in [2.75, 3.05) is 6.54 Å². The highest BCUT2D eigenvalue weighted by Crippen LogP contribution is 2.47. The largest absolute Gasteiger partial charge is 0.508 e. The van der Waals surface area contributed by atoms with Gasteiger partial charge in [-0.3, -0.25) is 28.9 Å². The van der Waals surface area contributed by atoms with Crippen LogP contribution in [0.3, 0.4) is 0 Å². The summed E-state index contributed by atoms with van der Waals surface area (Å²) >= 11 is 8.08. The Hall–Kier alpha value is -4.96. The number of allylic oxidation sites excluding steroid dienone is 1. The summed E-state index contributed by atoms with van der Waals surface area (Å²) in [6.45, 7) is 13.2. The lowest BCUT2D eigenvalue weighted by molar-refractivity contribution is -0.157. The van der Waals surface area contributed by atoms with Crippen molar-refractivity contribution >= 4 is 68.8 Å². The molecule has 2 aromatic carbocycles. The quantitative estimate of drug-likeness (QED) is 0.0317. The van der Waals surface area contributed by atoms with E-state index >= 15 is 0 Å². The molecule has 0 aliphatic carbocycles. The van der Waals surface area contributed by atoms with Gasteiger partial charge in [0, 0.05) is 31.5 Å². The number of fused-ring (bicyclic) bond motifs is 2. The average molecular weight is 992 g/mol. The van der Waals surface area contributed by atoms with Crippen molar-refractivity contribution in [1.29, 1.82) is 0 Å². The number of hydrogen-bond acceptors (Lipinski definition) is 14. The SMILES string of the molecule is C=CC[C@H]1C(=O)C(C)(C)[C@@H](O)CC(=O)O[C@H](c2ccc3sc(C)nc3c2)C[C@@H]2O[C@]2(C)CCC[C@H](C)[C@@H]1OC(=O)OCc1ccc(OC(=O)CCCCCCCCCCN2C(=O)C=CC2=O)c(Cl)c1. The summed E-state index contributed by atoms with van der Waals surface area (Å²) in [5.74, 6) is -3.02. The second kappa shape index (κ2) is 24.2. The van der Waals surface area contributed by atoms with Gasteiger partial charge >= 0.3 is 18.1 Å². The zero-order valence-corrected chi connectivity index (χ0v) is 42.1. The molecule has 2 amide bonds. The number of Topliss-reactive ketones (excluding diaryl/α,β-unsaturated/α-hetero) is 1. The highest BCUT2D eigenvalue weighted by atomic mass is 35.5. The maximum absolute atomic E-state index is 14.6. The number of rotatable bonds is 18. The highest BCUT2D eigenvalue weighted by molar-refractivity contribution is 7.18. The fourth-order valence-corrected chi connectivity index (χ4v) is 10.4. The number of carbonyl (C=O) groups is 6. The van der Waals surface area contributed by atoms with Crippen molar-refractivity contribution in [3.63, 3.8) is 0 Å². The first-order valence-electron chi connectivity index (χ1n) is 24.3. The topological polar surface area (TPSA) is 188 Å². The number of nitrogens with zero attached hydrogens (tertiary/aromatic N) is 2. The lowest BCUT2D eigenvalue weighted by Gasteiger charge is -2.37. The molecule has 1 aromatic heterocycles. The number of amides is 2. The maximum Gasteiger partial charge on any atom is 0.508 e. The molecular weight excluding hydrogens is 924 g/mol. The van der Waals surface area contributed by atoms with Crippen LogP contribution in [0.25, 0.3) is 10.2 Å². The number of benzene rings is 2. The van der Waals surface area contributed by atoms with Gasteiger partial charge < -0.3 is 28.8 Å². The molecule has 4 heterocycles. The number of aryl methyl sites for hydroxylation is 1. The van der Waals surface area contributed by atoms with E-state index in [0.717, 1.165) is 65.7 Å². The maximum atomic E-state index is 14.6. The summed E-state index contributed by atoms with van der Waals surface area (Å²) in [7, 11) is 0. The van der Waals surface area contributed by atoms with Gasteiger partial charge in [-0.25, -0.2) is 9.78 Å². The van der Waals surface area contributed by atoms with Gasteiger partial charge in [0.25, 0.3) is 11.8 Å². The van der Waals surface area contributed by atoms with E-state index in [1.54, 1.807) is 49.5 Å². The van der Waals surface area contributed by atoms with Crippen molar-refractivity contribution < 1.29 is 57.6 Å². The third kappa shape index (κ3) is 14.6. The van der Waals surface area contributed by atoms with Crippen molar-refractivity contribution in [1.82, 2.24) is 9.88 Å². The number of epoxide rings is 1. The molecule has 3 aromatic rings. The van der Waals surface area contributed by atoms with Crippen LogP contribution in [0.1, 0.15) is 146 Å². The normalized spacial score (nSPS) is 25.3. The number of cyclic esters (lactones) is 1. The second-order valence-corrected chi connectivity index (χ2v) is 21.1. The van der Waals surface area contributed by atoms with Crippen LogP contribution in [0, 0.1) is 24.2 Å². The lowest BCUT2D eigenvalue weighted by atomic mass is 9.71. The molecule has 6 rings (SSSR count). The van der Waals surface area contributed by atoms with Gasteiger partial charge in [0.1, 0.15) is 30.3 Å². The summed E-state index contributed by atoms with van der Waals surface area (Å²) in [6.07, 6.45) is 9.55. The minimum Gasteiger partial charge on any atom is -0.457 e. The molecule has 3 aliphatic heterocycles. The number of ether oxygens (including phenoxy) is 5. The first kappa shape index (κ1) is 53.4. The predicted octanol–water partition coefficient (Wildman–Crippen LogP) is 10.8. The van der Waals surface area contributed by atoms with Crippen LogP contribution in [-0.4, -0.2) is 81.1 Å². The molecule has 374 valence electrons. The van der Waals surface area contributed by atoms with Crippen molar-refractivity contribution in [2.45, 2.75) is 168 Å². The molecule has 1 N–H and O–H groups in total. The van der Waals surface area contributed by atoms with Gasteiger partial charge in [-0.15, -0.1) is 17.9 Å². The molecule has 0 spiro atoms. The Bertz CT molecular complexity index is 2360. The molecule has 16 heteroatoms. The van der Waals surface area contributed by atoms with Crippen LogP contribution in [0.2, 0.25) is 5.02 Å². The first-order chi connectivity index (χ1) is 32.9. The van der Waals surface area contributed by atoms with E-state index < -0.39 is 65.5 Å². The van der Waals surface area contributed by atoms with Crippen LogP contribution in [0.4, 0.5) is 4.79 Å². The number of aliphatic hydroxyl groups excluding tert-OH is 1. The number of aromatic nitrogens is 1. The Morgan fingerprint density at radius 3 is 2.38 bits per heavy atom. The lowest BCUT2D eigenvalue weighted by Crippen LogP contribution is -2.47. The van der Waals surface area contributed by atoms with Gasteiger partial charge in [0.15, 0.2) is 0 Å². The summed E-state index contributed by atoms with van der Waals surface area (Å²) in [5, 5.41) is 12.7. The van der Waals surface area contributed by atoms with E-state index in [2.05, 4.69) is 11.6 Å². The number of hydrogen-bond donors (Lipinski definition) is 1. The molecule has 0 radical (unpaired) electrons. The van der Waals surface area contributed by atoms with Gasteiger partial charge in [0.2, 0.25) is 0 Å². The summed E-state index contributed by atoms with van der Waals surface area (Å²) < 4.78 is 30.5. The number of halogens is 1. The Balaban J connectivity index is 1.000. The number of thiazole rings is 1. The molecule has 0 unspecified atom stereocenters. The molecule has 0 saturated carbocycles. The van der Waals surface area contributed by atoms with Crippen molar-refractivity contribution in [3.05, 3.63) is 82.4 Å². The van der Waals surface area contributed by atoms with Gasteiger partial charge in [0.05, 0.1) is 55.8 Å². The number of carbonyl (C=O) groups excluding carboxylic acids is 6. The number of ketones is 1. The van der Waals surface area contributed by atoms with Crippen molar-refractivity contribution in [2.24, 2.45) is 17.3 Å². The molecule has 2 saturated heterocycles. The zero-order valence-electron chi connectivity index (χ0n) is 40.5. The molecular formula is C53H67ClN2O12S. The van der Waals surface area contributed by atoms with Crippen molar-refractivity contribution in [3.8, 4) is 5.75 Å². The minimum atomic E-state index is -1.45. The monoisotopic (exact) mass is 990 g/mol. The van der Waals surface area contributed by atoms with Crippen LogP contribution in [0.15, 0.2) is 61.2 Å². The number of imide groups is 1. The van der Waals surface area contributed by atoms with Crippen LogP contribution in [-0.2, 0) is 49.5 Å². The number of unbranched alkanes of at least 4 members (excludes halogenated alkanes) is 7. The molecule has 3 aliphatic rings. The number of esters is 2. The van der Waals surface area contributed by atoms with Gasteiger partial charge in [-0.05, 0) is 87.3 Å². The molecule has 69 heavy (non-hydrogen) atoms. The van der Waals surface area contributed by atoms with E-state index in [-0.39, 0.29) is 54.1 Å². The Kier molecular flexibility index (Phi) is 18.8. The zero-order chi connectivity index (χ0) is 49.9. The Morgan fingerprint density at radius 2 is 1.68 bits per heavy atom. The van der Waals surface area contributed by atoms with Crippen LogP contribution < -0.4 is 4.74 Å². The van der Waals surface area contributed by atoms with Crippen LogP contribution in [0.5, 0.6) is 5.75 Å². The highest BCUT2D eigenvalue weighted by Gasteiger charge is 2.53. The average Bonchev–Trinajstić information content (AvgIpc) is 3.58. The van der Waals surface area contributed by atoms with Gasteiger partial charge in [-0.2, -0.15) is 0 Å². The van der Waals surface area contributed by atoms with E-state index in [0.29, 0.717) is 44.2 Å². The summed E-state index contributed by atoms with van der Waals surface area (Å²) in [5.41, 5.74) is 0.176. The molecule has 0 bridgehead atoms. The summed E-state index contributed by atoms with van der Waals surface area (Å²) in [6, 6.07) is 10.5.